The number of halogens is 2. The zero-order valence-corrected chi connectivity index (χ0v) is 26.6. The van der Waals surface area contributed by atoms with Crippen molar-refractivity contribution in [3.63, 3.8) is 0 Å². The van der Waals surface area contributed by atoms with E-state index in [1.54, 1.807) is 24.4 Å². The molecule has 3 aromatic rings. The van der Waals surface area contributed by atoms with Crippen LogP contribution in [0.2, 0.25) is 5.02 Å². The molecule has 1 aliphatic heterocycles. The monoisotopic (exact) mass is 646 g/mol. The number of carbonyl (C=O) groups is 2. The fraction of sp³-hybridized carbons (Fsp3) is 0.452. The van der Waals surface area contributed by atoms with Gasteiger partial charge in [0.05, 0.1) is 23.9 Å². The van der Waals surface area contributed by atoms with Crippen LogP contribution in [0.1, 0.15) is 52.4 Å². The largest absolute Gasteiger partial charge is 0.466 e. The molecule has 0 bridgehead atoms. The number of esters is 1. The molecule has 5 rings (SSSR count). The molecule has 1 amide bonds. The number of ether oxygens (including phenoxy) is 1. The number of H-pyrrole nitrogens is 1. The van der Waals surface area contributed by atoms with Crippen LogP contribution in [0, 0.1) is 22.3 Å². The van der Waals surface area contributed by atoms with E-state index in [0.29, 0.717) is 45.8 Å². The zero-order chi connectivity index (χ0) is 31.9. The summed E-state index contributed by atoms with van der Waals surface area (Å²) in [6, 6.07) is 9.36. The second kappa shape index (κ2) is 18.4. The molecular formula is C31H40ClFN6O4S. The first-order valence-electron chi connectivity index (χ1n) is 14.8. The van der Waals surface area contributed by atoms with Crippen molar-refractivity contribution in [1.82, 2.24) is 20.5 Å². The number of anilines is 3. The first-order valence-corrected chi connectivity index (χ1v) is 15.6. The summed E-state index contributed by atoms with van der Waals surface area (Å²) in [4.78, 5) is 27.5. The highest BCUT2D eigenvalue weighted by Crippen LogP contribution is 2.29. The van der Waals surface area contributed by atoms with Gasteiger partial charge in [0.15, 0.2) is 0 Å². The second-order valence-electron chi connectivity index (χ2n) is 10.3. The van der Waals surface area contributed by atoms with Gasteiger partial charge in [-0.1, -0.05) is 37.2 Å². The number of aliphatic hydroxyl groups is 1. The number of nitrogens with zero attached hydrogens (tertiary/aromatic N) is 2. The van der Waals surface area contributed by atoms with Gasteiger partial charge in [0, 0.05) is 41.1 Å². The number of amides is 1. The summed E-state index contributed by atoms with van der Waals surface area (Å²) < 4.78 is 19.4. The number of benzene rings is 1. The molecule has 0 radical (unpaired) electrons. The molecule has 0 unspecified atom stereocenters. The van der Waals surface area contributed by atoms with Gasteiger partial charge < -0.3 is 25.8 Å². The Morgan fingerprint density at radius 3 is 2.48 bits per heavy atom. The number of nitrogens with one attached hydrogen (secondary N) is 4. The van der Waals surface area contributed by atoms with E-state index < -0.39 is 5.82 Å². The lowest BCUT2D eigenvalue weighted by molar-refractivity contribution is -0.148. The number of piperidine rings is 1. The summed E-state index contributed by atoms with van der Waals surface area (Å²) in [7, 11) is 0. The SMILES string of the molecule is CCCO.CCOC(=O)C1CCNCC1.O=C(Nc1cc(Nc2cc(-c3cc(Cl)ccc3F)n[nH]c2=S)ccn1)C1CCC1. The standard InChI is InChI=1S/C20H17ClFN5OS.C8H15NO2.C3H8O/c21-12-4-5-15(22)14(8-12)16-10-17(20(29)27-26-16)24-13-6-7-23-18(9-13)25-19(28)11-2-1-3-11;1-2-11-8(10)7-3-5-9-6-4-7;1-2-3-4/h4-11H,1-3H2,(H,27,29)(H2,23,24,25,26,28);7,9H,2-6H2,1H3;4H,2-3H2,1H3. The van der Waals surface area contributed by atoms with E-state index in [4.69, 9.17) is 33.7 Å². The Kier molecular flexibility index (Phi) is 14.6. The maximum Gasteiger partial charge on any atom is 0.309 e. The molecule has 5 N–H and O–H groups in total. The number of aliphatic hydroxyl groups excluding tert-OH is 1. The maximum atomic E-state index is 14.2. The topological polar surface area (TPSA) is 141 Å². The van der Waals surface area contributed by atoms with Gasteiger partial charge in [0.1, 0.15) is 16.3 Å². The van der Waals surface area contributed by atoms with Crippen LogP contribution in [0.3, 0.4) is 0 Å². The molecule has 1 saturated carbocycles. The summed E-state index contributed by atoms with van der Waals surface area (Å²) >= 11 is 11.3. The van der Waals surface area contributed by atoms with Crippen LogP contribution in [-0.2, 0) is 14.3 Å². The molecule has 1 aromatic carbocycles. The van der Waals surface area contributed by atoms with Crippen molar-refractivity contribution in [1.29, 1.82) is 0 Å². The highest BCUT2D eigenvalue weighted by molar-refractivity contribution is 7.71. The summed E-state index contributed by atoms with van der Waals surface area (Å²) in [5.41, 5.74) is 1.82. The molecular weight excluding hydrogens is 607 g/mol. The average molecular weight is 647 g/mol. The van der Waals surface area contributed by atoms with Crippen LogP contribution in [0.5, 0.6) is 0 Å². The molecule has 1 aliphatic carbocycles. The number of aromatic amines is 1. The van der Waals surface area contributed by atoms with Crippen LogP contribution < -0.4 is 16.0 Å². The number of aromatic nitrogens is 3. The van der Waals surface area contributed by atoms with Crippen molar-refractivity contribution >= 4 is 52.9 Å². The Balaban J connectivity index is 0.000000292. The minimum absolute atomic E-state index is 0.0131. The van der Waals surface area contributed by atoms with Crippen LogP contribution in [-0.4, -0.2) is 58.5 Å². The van der Waals surface area contributed by atoms with Crippen molar-refractivity contribution in [3.05, 3.63) is 58.1 Å². The molecule has 2 fully saturated rings. The maximum absolute atomic E-state index is 14.2. The van der Waals surface area contributed by atoms with Crippen LogP contribution in [0.4, 0.5) is 21.6 Å². The van der Waals surface area contributed by atoms with Crippen molar-refractivity contribution in [2.75, 3.05) is 36.9 Å². The summed E-state index contributed by atoms with van der Waals surface area (Å²) in [5.74, 6) is 0.198. The Hall–Kier alpha value is -3.45. The second-order valence-corrected chi connectivity index (χ2v) is 11.1. The molecule has 3 heterocycles. The number of pyridine rings is 1. The minimum Gasteiger partial charge on any atom is -0.466 e. The Morgan fingerprint density at radius 2 is 1.84 bits per heavy atom. The lowest BCUT2D eigenvalue weighted by Crippen LogP contribution is -2.32. The molecule has 0 atom stereocenters. The highest BCUT2D eigenvalue weighted by Gasteiger charge is 2.25. The third-order valence-electron chi connectivity index (χ3n) is 6.96. The third-order valence-corrected chi connectivity index (χ3v) is 7.50. The molecule has 238 valence electrons. The molecule has 2 aliphatic rings. The van der Waals surface area contributed by atoms with Gasteiger partial charge in [0.25, 0.3) is 0 Å². The first kappa shape index (κ1) is 35.0. The Labute approximate surface area is 267 Å². The van der Waals surface area contributed by atoms with E-state index in [1.807, 2.05) is 13.8 Å². The van der Waals surface area contributed by atoms with E-state index >= 15 is 0 Å². The van der Waals surface area contributed by atoms with Gasteiger partial charge >= 0.3 is 5.97 Å². The van der Waals surface area contributed by atoms with E-state index in [1.165, 1.54) is 18.2 Å². The quantitative estimate of drug-likeness (QED) is 0.139. The smallest absolute Gasteiger partial charge is 0.309 e. The van der Waals surface area contributed by atoms with Crippen LogP contribution in [0.25, 0.3) is 11.3 Å². The lowest BCUT2D eigenvalue weighted by Gasteiger charge is -2.23. The Bertz CT molecular complexity index is 1430. The van der Waals surface area contributed by atoms with Crippen LogP contribution >= 0.6 is 23.8 Å². The molecule has 13 heteroatoms. The van der Waals surface area contributed by atoms with Gasteiger partial charge in [-0.25, -0.2) is 9.37 Å². The highest BCUT2D eigenvalue weighted by atomic mass is 35.5. The predicted molar refractivity (Wildman–Crippen MR) is 173 cm³/mol. The Morgan fingerprint density at radius 1 is 1.11 bits per heavy atom. The lowest BCUT2D eigenvalue weighted by atomic mass is 9.85. The normalized spacial score (nSPS) is 14.6. The molecule has 0 spiro atoms. The minimum atomic E-state index is -0.441. The van der Waals surface area contributed by atoms with Gasteiger partial charge in [-0.05, 0) is 82.4 Å². The third kappa shape index (κ3) is 10.9. The summed E-state index contributed by atoms with van der Waals surface area (Å²) in [5, 5.41) is 24.3. The van der Waals surface area contributed by atoms with Gasteiger partial charge in [-0.15, -0.1) is 0 Å². The molecule has 44 heavy (non-hydrogen) atoms. The summed E-state index contributed by atoms with van der Waals surface area (Å²) in [6.45, 7) is 6.49. The average Bonchev–Trinajstić information content (AvgIpc) is 3.00. The van der Waals surface area contributed by atoms with Crippen molar-refractivity contribution in [3.8, 4) is 11.3 Å². The molecule has 2 aromatic heterocycles. The van der Waals surface area contributed by atoms with Gasteiger partial charge in [0.2, 0.25) is 5.91 Å². The zero-order valence-electron chi connectivity index (χ0n) is 25.0. The summed E-state index contributed by atoms with van der Waals surface area (Å²) in [6.07, 6.45) is 7.24. The number of rotatable bonds is 8. The fourth-order valence-corrected chi connectivity index (χ4v) is 4.61. The van der Waals surface area contributed by atoms with Crippen molar-refractivity contribution in [2.45, 2.75) is 52.4 Å². The van der Waals surface area contributed by atoms with Gasteiger partial charge in [-0.3, -0.25) is 14.7 Å². The van der Waals surface area contributed by atoms with E-state index in [0.717, 1.165) is 51.6 Å². The fourth-order valence-electron chi connectivity index (χ4n) is 4.28. The first-order chi connectivity index (χ1) is 21.2. The molecule has 1 saturated heterocycles. The van der Waals surface area contributed by atoms with Crippen molar-refractivity contribution in [2.24, 2.45) is 11.8 Å². The molecule has 10 nitrogen and oxygen atoms in total. The van der Waals surface area contributed by atoms with Gasteiger partial charge in [-0.2, -0.15) is 5.10 Å². The van der Waals surface area contributed by atoms with E-state index in [-0.39, 0.29) is 29.3 Å². The number of hydrogen-bond acceptors (Lipinski definition) is 9. The predicted octanol–water partition coefficient (Wildman–Crippen LogP) is 6.41. The van der Waals surface area contributed by atoms with E-state index in [9.17, 15) is 14.0 Å². The number of carbonyl (C=O) groups excluding carboxylic acids is 2. The number of hydrogen-bond donors (Lipinski definition) is 5. The van der Waals surface area contributed by atoms with Crippen molar-refractivity contribution < 1.29 is 23.8 Å². The van der Waals surface area contributed by atoms with Crippen LogP contribution in [0.15, 0.2) is 42.6 Å². The van der Waals surface area contributed by atoms with E-state index in [2.05, 4.69) is 31.1 Å².